The molecule has 0 atom stereocenters. The van der Waals surface area contributed by atoms with Crippen molar-refractivity contribution in [2.75, 3.05) is 0 Å². The van der Waals surface area contributed by atoms with Crippen LogP contribution in [0.5, 0.6) is 0 Å². The van der Waals surface area contributed by atoms with Gasteiger partial charge in [-0.15, -0.1) is 0 Å². The van der Waals surface area contributed by atoms with Gasteiger partial charge in [0, 0.05) is 23.5 Å². The van der Waals surface area contributed by atoms with Crippen molar-refractivity contribution in [1.29, 1.82) is 0 Å². The zero-order valence-corrected chi connectivity index (χ0v) is 18.0. The largest absolute Gasteiger partial charge is 0.454 e. The van der Waals surface area contributed by atoms with E-state index in [1.807, 2.05) is 0 Å². The maximum Gasteiger partial charge on any atom is 0.416 e. The minimum absolute atomic E-state index is 0.0148. The summed E-state index contributed by atoms with van der Waals surface area (Å²) < 4.78 is 46.8. The number of carbonyl (C=O) groups excluding carboxylic acids is 1. The molecule has 0 aliphatic heterocycles. The lowest BCUT2D eigenvalue weighted by molar-refractivity contribution is -0.137. The van der Waals surface area contributed by atoms with Crippen LogP contribution >= 0.6 is 0 Å². The van der Waals surface area contributed by atoms with Gasteiger partial charge in [-0.1, -0.05) is 12.1 Å². The van der Waals surface area contributed by atoms with Crippen molar-refractivity contribution in [2.24, 2.45) is 0 Å². The molecule has 174 valence electrons. The standard InChI is InChI=1S/C23H17F3N4O4/c1-13-5-3-8-19-27-16(11-20(32)29(13)19)12-34-22(33)21-18(31)9-14(2)30(28-21)17-7-4-6-15(10-17)23(24,25)26/h3-11H,12H2,1-2H3. The highest BCUT2D eigenvalue weighted by Gasteiger charge is 2.30. The second kappa shape index (κ2) is 8.58. The van der Waals surface area contributed by atoms with Crippen LogP contribution in [0.25, 0.3) is 11.3 Å². The Morgan fingerprint density at radius 3 is 2.47 bits per heavy atom. The average Bonchev–Trinajstić information content (AvgIpc) is 2.77. The molecule has 0 N–H and O–H groups in total. The van der Waals surface area contributed by atoms with Gasteiger partial charge in [0.05, 0.1) is 16.9 Å². The summed E-state index contributed by atoms with van der Waals surface area (Å²) in [6.45, 7) is 2.81. The molecule has 8 nitrogen and oxygen atoms in total. The number of halogens is 3. The fourth-order valence-electron chi connectivity index (χ4n) is 3.41. The molecule has 1 aromatic carbocycles. The zero-order valence-electron chi connectivity index (χ0n) is 18.0. The number of aryl methyl sites for hydroxylation is 2. The SMILES string of the molecule is Cc1cc(=O)c(C(=O)OCc2cc(=O)n3c(C)cccc3n2)nn1-c1cccc(C(F)(F)F)c1. The number of hydrogen-bond donors (Lipinski definition) is 0. The van der Waals surface area contributed by atoms with Crippen molar-refractivity contribution in [2.45, 2.75) is 26.6 Å². The summed E-state index contributed by atoms with van der Waals surface area (Å²) in [5.41, 5.74) is -1.20. The third kappa shape index (κ3) is 4.45. The van der Waals surface area contributed by atoms with Crippen molar-refractivity contribution >= 4 is 11.6 Å². The number of esters is 1. The van der Waals surface area contributed by atoms with Crippen LogP contribution in [0.3, 0.4) is 0 Å². The van der Waals surface area contributed by atoms with E-state index in [4.69, 9.17) is 4.74 Å². The first-order chi connectivity index (χ1) is 16.0. The highest BCUT2D eigenvalue weighted by molar-refractivity contribution is 5.86. The van der Waals surface area contributed by atoms with E-state index in [1.54, 1.807) is 25.1 Å². The van der Waals surface area contributed by atoms with Gasteiger partial charge in [0.25, 0.3) is 5.56 Å². The summed E-state index contributed by atoms with van der Waals surface area (Å²) in [7, 11) is 0. The Morgan fingerprint density at radius 1 is 1.00 bits per heavy atom. The summed E-state index contributed by atoms with van der Waals surface area (Å²) in [5.74, 6) is -1.10. The van der Waals surface area contributed by atoms with Gasteiger partial charge in [-0.05, 0) is 44.2 Å². The highest BCUT2D eigenvalue weighted by atomic mass is 19.4. The lowest BCUT2D eigenvalue weighted by Gasteiger charge is -2.13. The first-order valence-electron chi connectivity index (χ1n) is 9.98. The van der Waals surface area contributed by atoms with Crippen LogP contribution in [0.1, 0.15) is 33.1 Å². The molecule has 34 heavy (non-hydrogen) atoms. The van der Waals surface area contributed by atoms with Gasteiger partial charge in [-0.2, -0.15) is 18.3 Å². The summed E-state index contributed by atoms with van der Waals surface area (Å²) >= 11 is 0. The lowest BCUT2D eigenvalue weighted by Crippen LogP contribution is -2.25. The van der Waals surface area contributed by atoms with Gasteiger partial charge in [0.15, 0.2) is 0 Å². The molecule has 0 spiro atoms. The predicted octanol–water partition coefficient (Wildman–Crippen LogP) is 3.23. The molecule has 0 aliphatic rings. The number of hydrogen-bond acceptors (Lipinski definition) is 6. The monoisotopic (exact) mass is 470 g/mol. The number of benzene rings is 1. The quantitative estimate of drug-likeness (QED) is 0.425. The highest BCUT2D eigenvalue weighted by Crippen LogP contribution is 2.30. The summed E-state index contributed by atoms with van der Waals surface area (Å²) in [6, 6.07) is 11.7. The fourth-order valence-corrected chi connectivity index (χ4v) is 3.41. The first kappa shape index (κ1) is 22.9. The van der Waals surface area contributed by atoms with E-state index in [0.717, 1.165) is 22.9 Å². The van der Waals surface area contributed by atoms with Crippen molar-refractivity contribution in [3.63, 3.8) is 0 Å². The van der Waals surface area contributed by atoms with Crippen LogP contribution in [-0.2, 0) is 17.5 Å². The Hall–Kier alpha value is -4.28. The van der Waals surface area contributed by atoms with Crippen LogP contribution < -0.4 is 11.0 Å². The Labute approximate surface area is 189 Å². The molecule has 3 aromatic heterocycles. The number of nitrogens with zero attached hydrogens (tertiary/aromatic N) is 4. The molecule has 11 heteroatoms. The van der Waals surface area contributed by atoms with Crippen LogP contribution in [0.15, 0.2) is 64.2 Å². The molecule has 0 unspecified atom stereocenters. The van der Waals surface area contributed by atoms with Gasteiger partial charge < -0.3 is 4.74 Å². The van der Waals surface area contributed by atoms with E-state index in [1.165, 1.54) is 29.5 Å². The second-order valence-electron chi connectivity index (χ2n) is 7.48. The average molecular weight is 470 g/mol. The van der Waals surface area contributed by atoms with Crippen molar-refractivity contribution in [1.82, 2.24) is 19.2 Å². The van der Waals surface area contributed by atoms with E-state index < -0.39 is 35.4 Å². The van der Waals surface area contributed by atoms with Crippen LogP contribution in [0, 0.1) is 13.8 Å². The van der Waals surface area contributed by atoms with E-state index in [2.05, 4.69) is 10.1 Å². The Bertz CT molecular complexity index is 1540. The minimum Gasteiger partial charge on any atom is -0.454 e. The van der Waals surface area contributed by atoms with E-state index in [9.17, 15) is 27.6 Å². The van der Waals surface area contributed by atoms with Gasteiger partial charge in [-0.3, -0.25) is 14.0 Å². The fraction of sp³-hybridized carbons (Fsp3) is 0.174. The molecule has 4 rings (SSSR count). The van der Waals surface area contributed by atoms with Crippen LogP contribution in [0.2, 0.25) is 0 Å². The van der Waals surface area contributed by atoms with E-state index in [-0.39, 0.29) is 22.6 Å². The molecule has 0 saturated carbocycles. The Balaban J connectivity index is 1.63. The molecule has 0 bridgehead atoms. The third-order valence-electron chi connectivity index (χ3n) is 5.00. The maximum absolute atomic E-state index is 13.1. The molecule has 0 amide bonds. The smallest absolute Gasteiger partial charge is 0.416 e. The summed E-state index contributed by atoms with van der Waals surface area (Å²) in [4.78, 5) is 41.6. The van der Waals surface area contributed by atoms with Gasteiger partial charge in [0.2, 0.25) is 11.1 Å². The molecule has 0 aliphatic carbocycles. The number of aromatic nitrogens is 4. The Kier molecular flexibility index (Phi) is 5.78. The first-order valence-corrected chi connectivity index (χ1v) is 9.98. The van der Waals surface area contributed by atoms with E-state index in [0.29, 0.717) is 11.3 Å². The molecular formula is C23H17F3N4O4. The number of fused-ring (bicyclic) bond motifs is 1. The van der Waals surface area contributed by atoms with Crippen molar-refractivity contribution in [3.05, 3.63) is 104 Å². The normalized spacial score (nSPS) is 11.6. The summed E-state index contributed by atoms with van der Waals surface area (Å²) in [6.07, 6.45) is -4.57. The van der Waals surface area contributed by atoms with Crippen molar-refractivity contribution in [3.8, 4) is 5.69 Å². The lowest BCUT2D eigenvalue weighted by atomic mass is 10.2. The topological polar surface area (TPSA) is 95.6 Å². The van der Waals surface area contributed by atoms with Gasteiger partial charge in [0.1, 0.15) is 12.3 Å². The third-order valence-corrected chi connectivity index (χ3v) is 5.00. The molecule has 3 heterocycles. The number of pyridine rings is 1. The van der Waals surface area contributed by atoms with Crippen LogP contribution in [-0.4, -0.2) is 25.1 Å². The maximum atomic E-state index is 13.1. The number of rotatable bonds is 4. The Morgan fingerprint density at radius 2 is 1.74 bits per heavy atom. The van der Waals surface area contributed by atoms with Crippen LogP contribution in [0.4, 0.5) is 13.2 Å². The number of carbonyl (C=O) groups is 1. The summed E-state index contributed by atoms with van der Waals surface area (Å²) in [5, 5.41) is 3.93. The molecule has 0 radical (unpaired) electrons. The van der Waals surface area contributed by atoms with Gasteiger partial charge >= 0.3 is 12.1 Å². The molecule has 0 fully saturated rings. The zero-order chi connectivity index (χ0) is 24.6. The predicted molar refractivity (Wildman–Crippen MR) is 115 cm³/mol. The number of ether oxygens (including phenoxy) is 1. The second-order valence-corrected chi connectivity index (χ2v) is 7.48. The number of alkyl halides is 3. The minimum atomic E-state index is -4.57. The van der Waals surface area contributed by atoms with Gasteiger partial charge in [-0.25, -0.2) is 14.5 Å². The molecule has 0 saturated heterocycles. The van der Waals surface area contributed by atoms with Crippen molar-refractivity contribution < 1.29 is 22.7 Å². The molecule has 4 aromatic rings. The molecular weight excluding hydrogens is 453 g/mol. The van der Waals surface area contributed by atoms with E-state index >= 15 is 0 Å².